The van der Waals surface area contributed by atoms with Gasteiger partial charge in [-0.15, -0.1) is 0 Å². The lowest BCUT2D eigenvalue weighted by Gasteiger charge is -2.29. The Labute approximate surface area is 199 Å². The largest absolute Gasteiger partial charge is 0.497 e. The van der Waals surface area contributed by atoms with Crippen LogP contribution in [0.2, 0.25) is 10.0 Å². The van der Waals surface area contributed by atoms with Crippen LogP contribution in [0.3, 0.4) is 0 Å². The summed E-state index contributed by atoms with van der Waals surface area (Å²) in [5.74, 6) is 1.11. The second-order valence-electron chi connectivity index (χ2n) is 7.74. The number of halogens is 2. The summed E-state index contributed by atoms with van der Waals surface area (Å²) in [5, 5.41) is 3.71. The second kappa shape index (κ2) is 12.6. The van der Waals surface area contributed by atoms with Crippen molar-refractivity contribution in [2.24, 2.45) is 0 Å². The van der Waals surface area contributed by atoms with Gasteiger partial charge in [-0.25, -0.2) is 0 Å². The Morgan fingerprint density at radius 3 is 2.25 bits per heavy atom. The Morgan fingerprint density at radius 1 is 1.00 bits per heavy atom. The van der Waals surface area contributed by atoms with Gasteiger partial charge in [-0.05, 0) is 69.2 Å². The topological polar surface area (TPSA) is 67.9 Å². The summed E-state index contributed by atoms with van der Waals surface area (Å²) in [6, 6.07) is 11.8. The summed E-state index contributed by atoms with van der Waals surface area (Å²) >= 11 is 12.1. The third-order valence-electron chi connectivity index (χ3n) is 4.80. The van der Waals surface area contributed by atoms with Gasteiger partial charge in [-0.2, -0.15) is 0 Å². The van der Waals surface area contributed by atoms with Crippen molar-refractivity contribution in [2.75, 3.05) is 13.7 Å². The van der Waals surface area contributed by atoms with Gasteiger partial charge in [0, 0.05) is 19.0 Å². The standard InChI is InChI=1S/C24H30Cl2N2O4/c1-16(2)27-24(30)17(3)28(15-18-7-12-21(25)22(26)14-18)23(29)6-5-13-32-20-10-8-19(31-4)9-11-20/h7-12,14,16-17H,5-6,13,15H2,1-4H3,(H,27,30). The summed E-state index contributed by atoms with van der Waals surface area (Å²) in [4.78, 5) is 27.2. The zero-order chi connectivity index (χ0) is 23.7. The second-order valence-corrected chi connectivity index (χ2v) is 8.55. The van der Waals surface area contributed by atoms with Crippen LogP contribution < -0.4 is 14.8 Å². The van der Waals surface area contributed by atoms with E-state index in [2.05, 4.69) is 5.32 Å². The molecule has 0 saturated carbocycles. The Balaban J connectivity index is 2.01. The zero-order valence-corrected chi connectivity index (χ0v) is 20.4. The lowest BCUT2D eigenvalue weighted by molar-refractivity contribution is -0.141. The number of hydrogen-bond acceptors (Lipinski definition) is 4. The normalized spacial score (nSPS) is 11.7. The van der Waals surface area contributed by atoms with Crippen molar-refractivity contribution < 1.29 is 19.1 Å². The van der Waals surface area contributed by atoms with Gasteiger partial charge >= 0.3 is 0 Å². The monoisotopic (exact) mass is 480 g/mol. The third kappa shape index (κ3) is 7.92. The summed E-state index contributed by atoms with van der Waals surface area (Å²) < 4.78 is 10.8. The molecule has 2 aromatic rings. The lowest BCUT2D eigenvalue weighted by Crippen LogP contribution is -2.49. The molecule has 0 saturated heterocycles. The molecule has 32 heavy (non-hydrogen) atoms. The first-order valence-corrected chi connectivity index (χ1v) is 11.3. The number of carbonyl (C=O) groups is 2. The zero-order valence-electron chi connectivity index (χ0n) is 18.9. The minimum absolute atomic E-state index is 0.0234. The summed E-state index contributed by atoms with van der Waals surface area (Å²) in [6.45, 7) is 6.12. The molecule has 174 valence electrons. The van der Waals surface area contributed by atoms with Crippen molar-refractivity contribution in [3.63, 3.8) is 0 Å². The molecule has 0 aromatic heterocycles. The predicted molar refractivity (Wildman–Crippen MR) is 127 cm³/mol. The van der Waals surface area contributed by atoms with Gasteiger partial charge in [0.2, 0.25) is 11.8 Å². The number of methoxy groups -OCH3 is 1. The number of rotatable bonds is 11. The van der Waals surface area contributed by atoms with Crippen molar-refractivity contribution in [1.29, 1.82) is 0 Å². The molecule has 0 fully saturated rings. The average Bonchev–Trinajstić information content (AvgIpc) is 2.76. The summed E-state index contributed by atoms with van der Waals surface area (Å²) in [6.07, 6.45) is 0.762. The maximum Gasteiger partial charge on any atom is 0.242 e. The van der Waals surface area contributed by atoms with Crippen molar-refractivity contribution in [2.45, 2.75) is 52.2 Å². The van der Waals surface area contributed by atoms with E-state index in [4.69, 9.17) is 32.7 Å². The number of amides is 2. The fourth-order valence-corrected chi connectivity index (χ4v) is 3.37. The van der Waals surface area contributed by atoms with Gasteiger partial charge in [-0.3, -0.25) is 9.59 Å². The van der Waals surface area contributed by atoms with Crippen molar-refractivity contribution >= 4 is 35.0 Å². The van der Waals surface area contributed by atoms with Gasteiger partial charge in [0.15, 0.2) is 0 Å². The van der Waals surface area contributed by atoms with Crippen LogP contribution in [0, 0.1) is 0 Å². The Morgan fingerprint density at radius 2 is 1.66 bits per heavy atom. The first-order chi connectivity index (χ1) is 15.2. The number of carbonyl (C=O) groups excluding carboxylic acids is 2. The average molecular weight is 481 g/mol. The van der Waals surface area contributed by atoms with Crippen LogP contribution in [-0.4, -0.2) is 42.5 Å². The molecule has 0 radical (unpaired) electrons. The van der Waals surface area contributed by atoms with Crippen molar-refractivity contribution in [3.8, 4) is 11.5 Å². The van der Waals surface area contributed by atoms with Crippen LogP contribution >= 0.6 is 23.2 Å². The molecule has 0 spiro atoms. The summed E-state index contributed by atoms with van der Waals surface area (Å²) in [5.41, 5.74) is 0.798. The Bertz CT molecular complexity index is 903. The van der Waals surface area contributed by atoms with Gasteiger partial charge in [-0.1, -0.05) is 29.3 Å². The van der Waals surface area contributed by atoms with E-state index in [0.29, 0.717) is 28.8 Å². The maximum absolute atomic E-state index is 13.0. The smallest absolute Gasteiger partial charge is 0.242 e. The fraction of sp³-hybridized carbons (Fsp3) is 0.417. The highest BCUT2D eigenvalue weighted by atomic mass is 35.5. The van der Waals surface area contributed by atoms with E-state index >= 15 is 0 Å². The van der Waals surface area contributed by atoms with Crippen molar-refractivity contribution in [1.82, 2.24) is 10.2 Å². The molecule has 2 rings (SSSR count). The SMILES string of the molecule is COc1ccc(OCCCC(=O)N(Cc2ccc(Cl)c(Cl)c2)C(C)C(=O)NC(C)C)cc1. The molecule has 6 nitrogen and oxygen atoms in total. The third-order valence-corrected chi connectivity index (χ3v) is 5.54. The highest BCUT2D eigenvalue weighted by Crippen LogP contribution is 2.24. The van der Waals surface area contributed by atoms with Gasteiger partial charge in [0.25, 0.3) is 0 Å². The van der Waals surface area contributed by atoms with Crippen LogP contribution in [0.4, 0.5) is 0 Å². The van der Waals surface area contributed by atoms with E-state index in [-0.39, 0.29) is 30.8 Å². The molecule has 0 aliphatic heterocycles. The van der Waals surface area contributed by atoms with Crippen LogP contribution in [0.25, 0.3) is 0 Å². The first-order valence-electron chi connectivity index (χ1n) is 10.5. The maximum atomic E-state index is 13.0. The number of nitrogens with zero attached hydrogens (tertiary/aromatic N) is 1. The number of hydrogen-bond donors (Lipinski definition) is 1. The highest BCUT2D eigenvalue weighted by molar-refractivity contribution is 6.42. The molecular formula is C24H30Cl2N2O4. The molecule has 2 aromatic carbocycles. The van der Waals surface area contributed by atoms with Gasteiger partial charge in [0.05, 0.1) is 23.8 Å². The van der Waals surface area contributed by atoms with E-state index in [1.807, 2.05) is 38.1 Å². The lowest BCUT2D eigenvalue weighted by atomic mass is 10.1. The Hall–Kier alpha value is -2.44. The molecule has 2 amide bonds. The minimum Gasteiger partial charge on any atom is -0.497 e. The number of nitrogens with one attached hydrogen (secondary N) is 1. The van der Waals surface area contributed by atoms with Gasteiger partial charge in [0.1, 0.15) is 17.5 Å². The van der Waals surface area contributed by atoms with E-state index in [0.717, 1.165) is 11.3 Å². The van der Waals surface area contributed by atoms with Crippen LogP contribution in [0.1, 0.15) is 39.2 Å². The van der Waals surface area contributed by atoms with E-state index < -0.39 is 6.04 Å². The first kappa shape index (κ1) is 25.8. The van der Waals surface area contributed by atoms with Crippen molar-refractivity contribution in [3.05, 3.63) is 58.1 Å². The van der Waals surface area contributed by atoms with E-state index in [9.17, 15) is 9.59 Å². The van der Waals surface area contributed by atoms with E-state index in [1.54, 1.807) is 37.1 Å². The molecular weight excluding hydrogens is 451 g/mol. The molecule has 1 N–H and O–H groups in total. The molecule has 0 heterocycles. The molecule has 1 unspecified atom stereocenters. The molecule has 8 heteroatoms. The van der Waals surface area contributed by atoms with Crippen LogP contribution in [-0.2, 0) is 16.1 Å². The highest BCUT2D eigenvalue weighted by Gasteiger charge is 2.26. The molecule has 0 aliphatic carbocycles. The van der Waals surface area contributed by atoms with Gasteiger partial charge < -0.3 is 19.7 Å². The fourth-order valence-electron chi connectivity index (χ4n) is 3.05. The minimum atomic E-state index is -0.637. The van der Waals surface area contributed by atoms with Crippen LogP contribution in [0.5, 0.6) is 11.5 Å². The Kier molecular flexibility index (Phi) is 10.1. The van der Waals surface area contributed by atoms with E-state index in [1.165, 1.54) is 0 Å². The predicted octanol–water partition coefficient (Wildman–Crippen LogP) is 5.10. The molecule has 1 atom stereocenters. The quantitative estimate of drug-likeness (QED) is 0.454. The summed E-state index contributed by atoms with van der Waals surface area (Å²) in [7, 11) is 1.60. The van der Waals surface area contributed by atoms with Crippen LogP contribution in [0.15, 0.2) is 42.5 Å². The molecule has 0 bridgehead atoms. The number of benzene rings is 2. The number of ether oxygens (including phenoxy) is 2. The molecule has 0 aliphatic rings.